The highest BCUT2D eigenvalue weighted by Gasteiger charge is 2.28. The number of nitrogens with one attached hydrogen (secondary N) is 1. The van der Waals surface area contributed by atoms with Crippen molar-refractivity contribution in [3.63, 3.8) is 0 Å². The van der Waals surface area contributed by atoms with Crippen molar-refractivity contribution in [1.29, 1.82) is 0 Å². The zero-order valence-corrected chi connectivity index (χ0v) is 17.2. The lowest BCUT2D eigenvalue weighted by molar-refractivity contribution is 0.0935. The lowest BCUT2D eigenvalue weighted by Crippen LogP contribution is -2.27. The molecule has 0 radical (unpaired) electrons. The fourth-order valence-electron chi connectivity index (χ4n) is 3.89. The van der Waals surface area contributed by atoms with Gasteiger partial charge in [-0.15, -0.1) is 0 Å². The summed E-state index contributed by atoms with van der Waals surface area (Å²) >= 11 is 0. The molecule has 30 heavy (non-hydrogen) atoms. The smallest absolute Gasteiger partial charge is 0.252 e. The monoisotopic (exact) mass is 403 g/mol. The Bertz CT molecular complexity index is 1090. The van der Waals surface area contributed by atoms with Crippen LogP contribution < -0.4 is 10.1 Å². The molecule has 5 rings (SSSR count). The second-order valence-corrected chi connectivity index (χ2v) is 8.29. The van der Waals surface area contributed by atoms with Gasteiger partial charge in [0.1, 0.15) is 0 Å². The summed E-state index contributed by atoms with van der Waals surface area (Å²) in [5, 5.41) is 7.91. The lowest BCUT2D eigenvalue weighted by atomic mass is 10.1. The molecular weight excluding hydrogens is 378 g/mol. The van der Waals surface area contributed by atoms with Crippen LogP contribution in [-0.2, 0) is 6.54 Å². The summed E-state index contributed by atoms with van der Waals surface area (Å²) in [7, 11) is 0. The number of rotatable bonds is 6. The number of carbonyl (C=O) groups is 1. The average Bonchev–Trinajstić information content (AvgIpc) is 3.40. The van der Waals surface area contributed by atoms with Gasteiger partial charge in [-0.2, -0.15) is 5.10 Å². The second-order valence-electron chi connectivity index (χ2n) is 8.29. The number of pyridine rings is 2. The van der Waals surface area contributed by atoms with E-state index in [0.717, 1.165) is 35.6 Å². The number of hydrogen-bond donors (Lipinski definition) is 1. The number of nitrogens with zero attached hydrogens (tertiary/aromatic N) is 4. The molecule has 0 saturated heterocycles. The van der Waals surface area contributed by atoms with Gasteiger partial charge in [0.05, 0.1) is 23.5 Å². The molecule has 7 nitrogen and oxygen atoms in total. The summed E-state index contributed by atoms with van der Waals surface area (Å²) in [6.45, 7) is 4.66. The average molecular weight is 403 g/mol. The zero-order chi connectivity index (χ0) is 20.7. The Morgan fingerprint density at radius 3 is 2.77 bits per heavy atom. The van der Waals surface area contributed by atoms with E-state index in [1.165, 1.54) is 12.8 Å². The van der Waals surface area contributed by atoms with Crippen LogP contribution in [0.15, 0.2) is 42.7 Å². The van der Waals surface area contributed by atoms with Gasteiger partial charge in [0.15, 0.2) is 0 Å². The molecule has 0 unspecified atom stereocenters. The first-order chi connectivity index (χ1) is 14.6. The Hall–Kier alpha value is -3.22. The van der Waals surface area contributed by atoms with Crippen molar-refractivity contribution in [1.82, 2.24) is 25.1 Å². The topological polar surface area (TPSA) is 81.9 Å². The quantitative estimate of drug-likeness (QED) is 0.675. The molecule has 0 aromatic carbocycles. The number of carbonyl (C=O) groups excluding carboxylic acids is 1. The second kappa shape index (κ2) is 7.55. The maximum Gasteiger partial charge on any atom is 0.252 e. The Kier molecular flexibility index (Phi) is 4.73. The van der Waals surface area contributed by atoms with Crippen LogP contribution in [0.2, 0.25) is 0 Å². The van der Waals surface area contributed by atoms with Gasteiger partial charge in [0.2, 0.25) is 5.88 Å². The van der Waals surface area contributed by atoms with E-state index in [4.69, 9.17) is 9.84 Å². The van der Waals surface area contributed by atoms with E-state index in [1.54, 1.807) is 18.3 Å². The summed E-state index contributed by atoms with van der Waals surface area (Å²) in [4.78, 5) is 21.5. The third-order valence-corrected chi connectivity index (χ3v) is 5.53. The van der Waals surface area contributed by atoms with E-state index in [1.807, 2.05) is 30.8 Å². The summed E-state index contributed by atoms with van der Waals surface area (Å²) < 4.78 is 7.60. The molecular formula is C23H25N5O2. The minimum Gasteiger partial charge on any atom is -0.475 e. The molecule has 1 aliphatic carbocycles. The van der Waals surface area contributed by atoms with E-state index >= 15 is 0 Å². The number of ether oxygens (including phenoxy) is 1. The highest BCUT2D eigenvalue weighted by Crippen LogP contribution is 2.40. The van der Waals surface area contributed by atoms with Crippen LogP contribution in [0.4, 0.5) is 0 Å². The number of aromatic nitrogens is 4. The Balaban J connectivity index is 1.33. The van der Waals surface area contributed by atoms with Crippen LogP contribution in [0, 0.1) is 0 Å². The fraction of sp³-hybridized carbons (Fsp3) is 0.391. The van der Waals surface area contributed by atoms with Gasteiger partial charge in [-0.25, -0.2) is 4.98 Å². The summed E-state index contributed by atoms with van der Waals surface area (Å²) in [5.41, 5.74) is 4.76. The van der Waals surface area contributed by atoms with Crippen LogP contribution in [0.25, 0.3) is 11.3 Å². The largest absolute Gasteiger partial charge is 0.475 e. The van der Waals surface area contributed by atoms with Crippen LogP contribution in [0.3, 0.4) is 0 Å². The number of amides is 1. The zero-order valence-electron chi connectivity index (χ0n) is 17.2. The van der Waals surface area contributed by atoms with Crippen LogP contribution >= 0.6 is 0 Å². The van der Waals surface area contributed by atoms with Gasteiger partial charge in [-0.05, 0) is 57.4 Å². The van der Waals surface area contributed by atoms with Crippen molar-refractivity contribution < 1.29 is 9.53 Å². The minimum atomic E-state index is -0.132. The summed E-state index contributed by atoms with van der Waals surface area (Å²) in [6.07, 6.45) is 6.76. The molecule has 0 bridgehead atoms. The van der Waals surface area contributed by atoms with Crippen LogP contribution in [-0.4, -0.2) is 31.8 Å². The lowest BCUT2D eigenvalue weighted by Gasteiger charge is -2.13. The third-order valence-electron chi connectivity index (χ3n) is 5.53. The number of fused-ring (bicyclic) bond motifs is 1. The highest BCUT2D eigenvalue weighted by molar-refractivity contribution is 5.94. The highest BCUT2D eigenvalue weighted by atomic mass is 16.5. The first-order valence-electron chi connectivity index (χ1n) is 10.5. The molecule has 3 aromatic heterocycles. The standard InChI is InChI=1S/C23H25N5O2/c1-14(2)30-22-12-17(6-9-25-22)23(29)26-18-7-10-28-21(18)13-20(27-28)16-5-8-24-19(11-16)15-3-4-15/h5-6,8-9,11-15,18H,3-4,7,10H2,1-2H3,(H,26,29)/t18-/m0/s1. The first kappa shape index (κ1) is 18.8. The van der Waals surface area contributed by atoms with Crippen LogP contribution in [0.5, 0.6) is 5.88 Å². The molecule has 1 aliphatic heterocycles. The first-order valence-corrected chi connectivity index (χ1v) is 10.5. The van der Waals surface area contributed by atoms with E-state index in [9.17, 15) is 4.79 Å². The molecule has 4 heterocycles. The Morgan fingerprint density at radius 2 is 1.97 bits per heavy atom. The van der Waals surface area contributed by atoms with Crippen LogP contribution in [0.1, 0.15) is 66.8 Å². The van der Waals surface area contributed by atoms with Gasteiger partial charge in [0.25, 0.3) is 5.91 Å². The van der Waals surface area contributed by atoms with Gasteiger partial charge < -0.3 is 10.1 Å². The van der Waals surface area contributed by atoms with E-state index in [-0.39, 0.29) is 18.1 Å². The van der Waals surface area contributed by atoms with E-state index in [2.05, 4.69) is 27.4 Å². The van der Waals surface area contributed by atoms with Gasteiger partial charge >= 0.3 is 0 Å². The van der Waals surface area contributed by atoms with Crippen molar-refractivity contribution in [2.24, 2.45) is 0 Å². The van der Waals surface area contributed by atoms with E-state index < -0.39 is 0 Å². The van der Waals surface area contributed by atoms with Crippen molar-refractivity contribution in [3.8, 4) is 17.1 Å². The Labute approximate surface area is 175 Å². The maximum atomic E-state index is 12.8. The normalized spacial score (nSPS) is 17.8. The Morgan fingerprint density at radius 1 is 1.13 bits per heavy atom. The molecule has 7 heteroatoms. The van der Waals surface area contributed by atoms with Crippen molar-refractivity contribution in [2.45, 2.75) is 57.7 Å². The van der Waals surface area contributed by atoms with E-state index in [0.29, 0.717) is 17.4 Å². The predicted molar refractivity (Wildman–Crippen MR) is 112 cm³/mol. The molecule has 0 spiro atoms. The van der Waals surface area contributed by atoms with Gasteiger partial charge in [-0.3, -0.25) is 14.5 Å². The van der Waals surface area contributed by atoms with Gasteiger partial charge in [0, 0.05) is 47.7 Å². The summed E-state index contributed by atoms with van der Waals surface area (Å²) in [5.74, 6) is 0.934. The molecule has 1 saturated carbocycles. The fourth-order valence-corrected chi connectivity index (χ4v) is 3.89. The SMILES string of the molecule is CC(C)Oc1cc(C(=O)N[C@H]2CCn3nc(-c4ccnc(C5CC5)c4)cc32)ccn1. The van der Waals surface area contributed by atoms with Crippen molar-refractivity contribution in [2.75, 3.05) is 0 Å². The molecule has 1 N–H and O–H groups in total. The maximum absolute atomic E-state index is 12.8. The molecule has 1 amide bonds. The van der Waals surface area contributed by atoms with Crippen molar-refractivity contribution >= 4 is 5.91 Å². The molecule has 1 atom stereocenters. The predicted octanol–water partition coefficient (Wildman–Crippen LogP) is 3.88. The molecule has 154 valence electrons. The van der Waals surface area contributed by atoms with Crippen molar-refractivity contribution in [3.05, 3.63) is 59.7 Å². The molecule has 3 aromatic rings. The molecule has 2 aliphatic rings. The summed E-state index contributed by atoms with van der Waals surface area (Å²) in [6, 6.07) is 9.57. The minimum absolute atomic E-state index is 0.00651. The third kappa shape index (κ3) is 3.79. The molecule has 1 fully saturated rings. The number of hydrogen-bond acceptors (Lipinski definition) is 5. The number of aryl methyl sites for hydroxylation is 1. The van der Waals surface area contributed by atoms with Gasteiger partial charge in [-0.1, -0.05) is 0 Å².